The zero-order chi connectivity index (χ0) is 12.3. The highest BCUT2D eigenvalue weighted by molar-refractivity contribution is 6.32. The first-order valence-corrected chi connectivity index (χ1v) is 6.07. The maximum absolute atomic E-state index is 12.0. The summed E-state index contributed by atoms with van der Waals surface area (Å²) in [5, 5.41) is 3.20. The molecule has 1 aromatic rings. The molecule has 92 valence electrons. The minimum atomic E-state index is -0.165. The van der Waals surface area contributed by atoms with Crippen LogP contribution in [0.3, 0.4) is 0 Å². The summed E-state index contributed by atoms with van der Waals surface area (Å²) in [4.78, 5) is 15.9. The second-order valence-electron chi connectivity index (χ2n) is 4.22. The van der Waals surface area contributed by atoms with Gasteiger partial charge >= 0.3 is 0 Å². The van der Waals surface area contributed by atoms with Gasteiger partial charge in [0, 0.05) is 18.8 Å². The maximum Gasteiger partial charge on any atom is 0.254 e. The number of halogens is 1. The molecule has 1 aliphatic heterocycles. The van der Waals surface area contributed by atoms with E-state index in [1.54, 1.807) is 18.3 Å². The third kappa shape index (κ3) is 3.17. The molecule has 0 radical (unpaired) electrons. The number of rotatable bonds is 2. The highest BCUT2D eigenvalue weighted by atomic mass is 35.5. The molecule has 4 nitrogen and oxygen atoms in total. The lowest BCUT2D eigenvalue weighted by Gasteiger charge is -2.27. The number of hydrogen-bond donors (Lipinski definition) is 1. The van der Waals surface area contributed by atoms with Gasteiger partial charge in [0.1, 0.15) is 5.15 Å². The smallest absolute Gasteiger partial charge is 0.254 e. The van der Waals surface area contributed by atoms with E-state index in [1.165, 1.54) is 0 Å². The Labute approximate surface area is 105 Å². The summed E-state index contributed by atoms with van der Waals surface area (Å²) in [6, 6.07) is 3.53. The largest absolute Gasteiger partial charge is 0.378 e. The summed E-state index contributed by atoms with van der Waals surface area (Å²) in [6.07, 6.45) is 3.44. The fourth-order valence-corrected chi connectivity index (χ4v) is 2.15. The summed E-state index contributed by atoms with van der Waals surface area (Å²) in [5.74, 6) is -0.165. The highest BCUT2D eigenvalue weighted by Crippen LogP contribution is 2.16. The molecule has 1 saturated heterocycles. The molecule has 0 aromatic carbocycles. The average molecular weight is 255 g/mol. The van der Waals surface area contributed by atoms with Crippen molar-refractivity contribution in [2.75, 3.05) is 6.61 Å². The van der Waals surface area contributed by atoms with Gasteiger partial charge in [-0.2, -0.15) is 0 Å². The second-order valence-corrected chi connectivity index (χ2v) is 4.58. The first kappa shape index (κ1) is 12.3. The van der Waals surface area contributed by atoms with E-state index in [2.05, 4.69) is 10.3 Å². The van der Waals surface area contributed by atoms with E-state index in [0.29, 0.717) is 12.2 Å². The van der Waals surface area contributed by atoms with Crippen molar-refractivity contribution in [2.24, 2.45) is 0 Å². The van der Waals surface area contributed by atoms with Crippen molar-refractivity contribution in [1.82, 2.24) is 10.3 Å². The fraction of sp³-hybridized carbons (Fsp3) is 0.500. The lowest BCUT2D eigenvalue weighted by Crippen LogP contribution is -2.41. The topological polar surface area (TPSA) is 51.2 Å². The average Bonchev–Trinajstić information content (AvgIpc) is 2.29. The number of ether oxygens (including phenoxy) is 1. The van der Waals surface area contributed by atoms with Crippen LogP contribution >= 0.6 is 11.6 Å². The van der Waals surface area contributed by atoms with E-state index in [9.17, 15) is 4.79 Å². The van der Waals surface area contributed by atoms with Crippen LogP contribution in [0.1, 0.15) is 30.1 Å². The molecule has 5 heteroatoms. The van der Waals surface area contributed by atoms with Crippen molar-refractivity contribution in [1.29, 1.82) is 0 Å². The number of aromatic nitrogens is 1. The van der Waals surface area contributed by atoms with Crippen LogP contribution in [0.5, 0.6) is 0 Å². The van der Waals surface area contributed by atoms with Crippen molar-refractivity contribution in [3.05, 3.63) is 29.0 Å². The Bertz CT molecular complexity index is 411. The van der Waals surface area contributed by atoms with Crippen LogP contribution in [0.4, 0.5) is 0 Å². The minimum absolute atomic E-state index is 0.155. The lowest BCUT2D eigenvalue weighted by atomic mass is 10.0. The number of amides is 1. The molecule has 2 unspecified atom stereocenters. The Morgan fingerprint density at radius 1 is 1.65 bits per heavy atom. The van der Waals surface area contributed by atoms with Gasteiger partial charge in [-0.3, -0.25) is 4.79 Å². The molecule has 2 heterocycles. The minimum Gasteiger partial charge on any atom is -0.378 e. The Morgan fingerprint density at radius 2 is 2.47 bits per heavy atom. The van der Waals surface area contributed by atoms with Gasteiger partial charge in [0.05, 0.1) is 11.7 Å². The summed E-state index contributed by atoms with van der Waals surface area (Å²) in [6.45, 7) is 2.70. The molecule has 0 aliphatic carbocycles. The molecular weight excluding hydrogens is 240 g/mol. The molecule has 1 fully saturated rings. The number of pyridine rings is 1. The molecule has 0 bridgehead atoms. The fourth-order valence-electron chi connectivity index (χ4n) is 1.95. The van der Waals surface area contributed by atoms with E-state index < -0.39 is 0 Å². The Balaban J connectivity index is 1.99. The van der Waals surface area contributed by atoms with Gasteiger partial charge in [0.2, 0.25) is 0 Å². The van der Waals surface area contributed by atoms with Gasteiger partial charge in [-0.15, -0.1) is 0 Å². The summed E-state index contributed by atoms with van der Waals surface area (Å²) >= 11 is 5.87. The van der Waals surface area contributed by atoms with Gasteiger partial charge < -0.3 is 10.1 Å². The Kier molecular flexibility index (Phi) is 3.97. The Hall–Kier alpha value is -1.13. The molecule has 1 N–H and O–H groups in total. The molecule has 0 spiro atoms. The van der Waals surface area contributed by atoms with E-state index in [4.69, 9.17) is 16.3 Å². The number of nitrogens with one attached hydrogen (secondary N) is 1. The third-order valence-electron chi connectivity index (χ3n) is 2.82. The number of nitrogens with zero attached hydrogens (tertiary/aromatic N) is 1. The second kappa shape index (κ2) is 5.47. The van der Waals surface area contributed by atoms with Crippen molar-refractivity contribution >= 4 is 17.5 Å². The third-order valence-corrected chi connectivity index (χ3v) is 3.13. The summed E-state index contributed by atoms with van der Waals surface area (Å²) in [7, 11) is 0. The number of carbonyl (C=O) groups is 1. The molecule has 2 atom stereocenters. The molecule has 2 rings (SSSR count). The lowest BCUT2D eigenvalue weighted by molar-refractivity contribution is 0.0136. The normalized spacial score (nSPS) is 24.4. The van der Waals surface area contributed by atoms with Crippen LogP contribution in [0, 0.1) is 0 Å². The molecule has 0 saturated carbocycles. The van der Waals surface area contributed by atoms with Crippen LogP contribution in [-0.2, 0) is 4.74 Å². The van der Waals surface area contributed by atoms with E-state index in [1.807, 2.05) is 6.92 Å². The van der Waals surface area contributed by atoms with E-state index >= 15 is 0 Å². The van der Waals surface area contributed by atoms with Crippen LogP contribution in [0.2, 0.25) is 5.15 Å². The highest BCUT2D eigenvalue weighted by Gasteiger charge is 2.22. The van der Waals surface area contributed by atoms with Crippen molar-refractivity contribution in [3.63, 3.8) is 0 Å². The van der Waals surface area contributed by atoms with E-state index in [0.717, 1.165) is 12.8 Å². The first-order chi connectivity index (χ1) is 8.16. The SMILES string of the molecule is CC1CC(NC(=O)c2cccnc2Cl)CCO1. The summed E-state index contributed by atoms with van der Waals surface area (Å²) < 4.78 is 5.43. The molecule has 17 heavy (non-hydrogen) atoms. The predicted octanol–water partition coefficient (Wildman–Crippen LogP) is 2.03. The standard InChI is InChI=1S/C12H15ClN2O2/c1-8-7-9(4-6-17-8)15-12(16)10-3-2-5-14-11(10)13/h2-3,5,8-9H,4,6-7H2,1H3,(H,15,16). The van der Waals surface area contributed by atoms with Gasteiger partial charge in [-0.1, -0.05) is 11.6 Å². The van der Waals surface area contributed by atoms with Gasteiger partial charge in [-0.05, 0) is 31.9 Å². The van der Waals surface area contributed by atoms with Crippen LogP contribution in [-0.4, -0.2) is 29.6 Å². The zero-order valence-electron chi connectivity index (χ0n) is 9.65. The van der Waals surface area contributed by atoms with Gasteiger partial charge in [-0.25, -0.2) is 4.98 Å². The van der Waals surface area contributed by atoms with Crippen molar-refractivity contribution in [3.8, 4) is 0 Å². The molecule has 1 aliphatic rings. The molecule has 1 aromatic heterocycles. The van der Waals surface area contributed by atoms with Crippen molar-refractivity contribution in [2.45, 2.75) is 31.9 Å². The predicted molar refractivity (Wildman–Crippen MR) is 65.1 cm³/mol. The van der Waals surface area contributed by atoms with Crippen LogP contribution < -0.4 is 5.32 Å². The maximum atomic E-state index is 12.0. The monoisotopic (exact) mass is 254 g/mol. The zero-order valence-corrected chi connectivity index (χ0v) is 10.4. The number of carbonyl (C=O) groups excluding carboxylic acids is 1. The Morgan fingerprint density at radius 3 is 3.18 bits per heavy atom. The van der Waals surface area contributed by atoms with Crippen LogP contribution in [0.25, 0.3) is 0 Å². The number of hydrogen-bond acceptors (Lipinski definition) is 3. The summed E-state index contributed by atoms with van der Waals surface area (Å²) in [5.41, 5.74) is 0.424. The quantitative estimate of drug-likeness (QED) is 0.822. The van der Waals surface area contributed by atoms with Gasteiger partial charge in [0.25, 0.3) is 5.91 Å². The van der Waals surface area contributed by atoms with Crippen LogP contribution in [0.15, 0.2) is 18.3 Å². The first-order valence-electron chi connectivity index (χ1n) is 5.70. The van der Waals surface area contributed by atoms with Crippen molar-refractivity contribution < 1.29 is 9.53 Å². The molecular formula is C12H15ClN2O2. The molecule has 1 amide bonds. The van der Waals surface area contributed by atoms with Gasteiger partial charge in [0.15, 0.2) is 0 Å². The van der Waals surface area contributed by atoms with E-state index in [-0.39, 0.29) is 23.2 Å².